The second kappa shape index (κ2) is 7.20. The Morgan fingerprint density at radius 2 is 1.96 bits per heavy atom. The molecule has 4 heteroatoms. The van der Waals surface area contributed by atoms with Crippen molar-refractivity contribution in [1.29, 1.82) is 0 Å². The summed E-state index contributed by atoms with van der Waals surface area (Å²) in [6.07, 6.45) is 3.04. The number of rotatable bonds is 5. The number of hydrogen-bond donors (Lipinski definition) is 1. The molecule has 1 aliphatic rings. The molecule has 0 bridgehead atoms. The van der Waals surface area contributed by atoms with Crippen LogP contribution in [0.3, 0.4) is 0 Å². The summed E-state index contributed by atoms with van der Waals surface area (Å²) < 4.78 is 0. The first kappa shape index (κ1) is 16.7. The maximum Gasteiger partial charge on any atom is 0.225 e. The molecule has 4 nitrogen and oxygen atoms in total. The van der Waals surface area contributed by atoms with Crippen LogP contribution in [0.4, 0.5) is 11.8 Å². The molecule has 0 fully saturated rings. The van der Waals surface area contributed by atoms with Gasteiger partial charge in [0.2, 0.25) is 5.95 Å². The summed E-state index contributed by atoms with van der Waals surface area (Å²) in [5, 5.41) is 3.43. The van der Waals surface area contributed by atoms with Crippen molar-refractivity contribution in [3.8, 4) is 0 Å². The van der Waals surface area contributed by atoms with Gasteiger partial charge in [0, 0.05) is 30.4 Å². The predicted octanol–water partition coefficient (Wildman–Crippen LogP) is 4.20. The average molecular weight is 324 g/mol. The summed E-state index contributed by atoms with van der Waals surface area (Å²) in [6.45, 7) is 9.69. The zero-order valence-electron chi connectivity index (χ0n) is 15.2. The smallest absolute Gasteiger partial charge is 0.225 e. The molecule has 0 aliphatic carbocycles. The number of hydrogen-bond acceptors (Lipinski definition) is 4. The highest BCUT2D eigenvalue weighted by Crippen LogP contribution is 2.28. The summed E-state index contributed by atoms with van der Waals surface area (Å²) in [5.41, 5.74) is 3.96. The summed E-state index contributed by atoms with van der Waals surface area (Å²) in [4.78, 5) is 11.9. The zero-order chi connectivity index (χ0) is 17.1. The van der Waals surface area contributed by atoms with E-state index in [1.807, 2.05) is 0 Å². The van der Waals surface area contributed by atoms with E-state index in [1.54, 1.807) is 0 Å². The van der Waals surface area contributed by atoms with Crippen LogP contribution in [0.1, 0.15) is 50.9 Å². The van der Waals surface area contributed by atoms with Crippen LogP contribution >= 0.6 is 0 Å². The summed E-state index contributed by atoms with van der Waals surface area (Å²) >= 11 is 0. The van der Waals surface area contributed by atoms with Gasteiger partial charge in [-0.3, -0.25) is 0 Å². The Hall–Kier alpha value is -2.10. The van der Waals surface area contributed by atoms with E-state index in [0.29, 0.717) is 12.1 Å². The van der Waals surface area contributed by atoms with Gasteiger partial charge in [-0.25, -0.2) is 4.98 Å². The molecular formula is C20H28N4. The lowest BCUT2D eigenvalue weighted by molar-refractivity contribution is 0.585. The van der Waals surface area contributed by atoms with E-state index in [-0.39, 0.29) is 0 Å². The Kier molecular flexibility index (Phi) is 5.03. The van der Waals surface area contributed by atoms with E-state index in [9.17, 15) is 0 Å². The third kappa shape index (κ3) is 3.53. The van der Waals surface area contributed by atoms with Crippen LogP contribution in [-0.4, -0.2) is 22.1 Å². The minimum Gasteiger partial charge on any atom is -0.352 e. The summed E-state index contributed by atoms with van der Waals surface area (Å²) in [7, 11) is 0. The maximum absolute atomic E-state index is 4.82. The van der Waals surface area contributed by atoms with Gasteiger partial charge < -0.3 is 10.2 Å². The van der Waals surface area contributed by atoms with Gasteiger partial charge in [-0.15, -0.1) is 0 Å². The predicted molar refractivity (Wildman–Crippen MR) is 101 cm³/mol. The zero-order valence-corrected chi connectivity index (χ0v) is 15.2. The third-order valence-corrected chi connectivity index (χ3v) is 4.92. The summed E-state index contributed by atoms with van der Waals surface area (Å²) in [6, 6.07) is 11.7. The lowest BCUT2D eigenvalue weighted by Crippen LogP contribution is -2.39. The van der Waals surface area contributed by atoms with Gasteiger partial charge in [0.05, 0.1) is 0 Å². The molecule has 0 saturated carbocycles. The first-order valence-corrected chi connectivity index (χ1v) is 9.08. The summed E-state index contributed by atoms with van der Waals surface area (Å²) in [5.74, 6) is 1.79. The number of anilines is 2. The molecule has 0 unspecified atom stereocenters. The molecule has 3 rings (SSSR count). The Morgan fingerprint density at radius 1 is 1.21 bits per heavy atom. The van der Waals surface area contributed by atoms with Crippen LogP contribution in [0.2, 0.25) is 0 Å². The van der Waals surface area contributed by atoms with Crippen LogP contribution in [0.15, 0.2) is 30.3 Å². The monoisotopic (exact) mass is 324 g/mol. The molecule has 0 saturated heterocycles. The van der Waals surface area contributed by atoms with Crippen molar-refractivity contribution in [3.05, 3.63) is 47.2 Å². The first-order chi connectivity index (χ1) is 11.6. The highest BCUT2D eigenvalue weighted by molar-refractivity contribution is 5.49. The molecule has 24 heavy (non-hydrogen) atoms. The van der Waals surface area contributed by atoms with Gasteiger partial charge >= 0.3 is 0 Å². The molecule has 0 amide bonds. The topological polar surface area (TPSA) is 41.1 Å². The van der Waals surface area contributed by atoms with Crippen molar-refractivity contribution in [3.63, 3.8) is 0 Å². The number of fused-ring (bicyclic) bond motifs is 1. The lowest BCUT2D eigenvalue weighted by Gasteiger charge is -2.36. The Labute approximate surface area is 145 Å². The van der Waals surface area contributed by atoms with Crippen molar-refractivity contribution in [2.75, 3.05) is 10.2 Å². The van der Waals surface area contributed by atoms with Crippen LogP contribution < -0.4 is 10.2 Å². The highest BCUT2D eigenvalue weighted by atomic mass is 15.3. The van der Waals surface area contributed by atoms with Crippen LogP contribution in [0, 0.1) is 0 Å². The molecule has 1 aromatic heterocycles. The molecule has 0 spiro atoms. The van der Waals surface area contributed by atoms with Gasteiger partial charge in [0.1, 0.15) is 5.82 Å². The Morgan fingerprint density at radius 3 is 2.67 bits per heavy atom. The van der Waals surface area contributed by atoms with Gasteiger partial charge in [-0.05, 0) is 44.2 Å². The molecule has 1 N–H and O–H groups in total. The third-order valence-electron chi connectivity index (χ3n) is 4.92. The molecule has 0 radical (unpaired) electrons. The highest BCUT2D eigenvalue weighted by Gasteiger charge is 2.24. The standard InChI is InChI=1S/C20H28N4/c1-5-14(3)21-20-22-18(6-2)12-19(23-20)24-13-17-10-8-7-9-16(17)11-15(24)4/h7-10,12,14-15H,5-6,11,13H2,1-4H3,(H,21,22,23)/t14-,15+/m0/s1. The van der Waals surface area contributed by atoms with E-state index in [2.05, 4.69) is 73.2 Å². The van der Waals surface area contributed by atoms with Gasteiger partial charge in [-0.2, -0.15) is 4.98 Å². The average Bonchev–Trinajstić information content (AvgIpc) is 2.60. The minimum atomic E-state index is 0.379. The lowest BCUT2D eigenvalue weighted by atomic mass is 9.95. The number of nitrogens with zero attached hydrogens (tertiary/aromatic N) is 3. The second-order valence-corrected chi connectivity index (χ2v) is 6.80. The van der Waals surface area contributed by atoms with Gasteiger partial charge in [-0.1, -0.05) is 38.1 Å². The molecule has 2 atom stereocenters. The van der Waals surface area contributed by atoms with E-state index < -0.39 is 0 Å². The maximum atomic E-state index is 4.82. The molecular weight excluding hydrogens is 296 g/mol. The number of aryl methyl sites for hydroxylation is 1. The molecule has 2 aromatic rings. The molecule has 2 heterocycles. The fraction of sp³-hybridized carbons (Fsp3) is 0.500. The van der Waals surface area contributed by atoms with Crippen molar-refractivity contribution in [2.45, 2.75) is 65.6 Å². The SMILES string of the molecule is CCc1cc(N2Cc3ccccc3C[C@H]2C)nc(N[C@@H](C)CC)n1. The first-order valence-electron chi connectivity index (χ1n) is 9.08. The number of benzene rings is 1. The largest absolute Gasteiger partial charge is 0.352 e. The fourth-order valence-corrected chi connectivity index (χ4v) is 3.18. The fourth-order valence-electron chi connectivity index (χ4n) is 3.18. The van der Waals surface area contributed by atoms with E-state index in [0.717, 1.165) is 43.3 Å². The number of aromatic nitrogens is 2. The van der Waals surface area contributed by atoms with Crippen molar-refractivity contribution >= 4 is 11.8 Å². The molecule has 1 aromatic carbocycles. The quantitative estimate of drug-likeness (QED) is 0.895. The Bertz CT molecular complexity index is 698. The Balaban J connectivity index is 1.92. The van der Waals surface area contributed by atoms with Crippen molar-refractivity contribution in [2.24, 2.45) is 0 Å². The molecule has 1 aliphatic heterocycles. The van der Waals surface area contributed by atoms with E-state index in [4.69, 9.17) is 4.98 Å². The van der Waals surface area contributed by atoms with Crippen molar-refractivity contribution in [1.82, 2.24) is 9.97 Å². The van der Waals surface area contributed by atoms with Crippen LogP contribution in [0.25, 0.3) is 0 Å². The minimum absolute atomic E-state index is 0.379. The second-order valence-electron chi connectivity index (χ2n) is 6.80. The number of nitrogens with one attached hydrogen (secondary N) is 1. The normalized spacial score (nSPS) is 18.2. The van der Waals surface area contributed by atoms with Crippen molar-refractivity contribution < 1.29 is 0 Å². The van der Waals surface area contributed by atoms with Crippen LogP contribution in [-0.2, 0) is 19.4 Å². The van der Waals surface area contributed by atoms with Gasteiger partial charge in [0.15, 0.2) is 0 Å². The van der Waals surface area contributed by atoms with E-state index in [1.165, 1.54) is 11.1 Å². The van der Waals surface area contributed by atoms with E-state index >= 15 is 0 Å². The van der Waals surface area contributed by atoms with Gasteiger partial charge in [0.25, 0.3) is 0 Å². The molecule has 128 valence electrons. The van der Waals surface area contributed by atoms with Crippen LogP contribution in [0.5, 0.6) is 0 Å².